The van der Waals surface area contributed by atoms with Gasteiger partial charge in [-0.15, -0.1) is 0 Å². The molecule has 5 nitrogen and oxygen atoms in total. The third-order valence-electron chi connectivity index (χ3n) is 4.78. The van der Waals surface area contributed by atoms with Crippen molar-refractivity contribution in [1.82, 2.24) is 9.91 Å². The van der Waals surface area contributed by atoms with Crippen LogP contribution < -0.4 is 0 Å². The van der Waals surface area contributed by atoms with Gasteiger partial charge in [-0.05, 0) is 37.8 Å². The maximum absolute atomic E-state index is 12.5. The number of carbonyl (C=O) groups is 1. The summed E-state index contributed by atoms with van der Waals surface area (Å²) in [5.41, 5.74) is 2.08. The number of rotatable bonds is 4. The van der Waals surface area contributed by atoms with Crippen molar-refractivity contribution in [3.8, 4) is 0 Å². The van der Waals surface area contributed by atoms with E-state index < -0.39 is 0 Å². The standard InChI is InChI=1S/C18H25N3O2/c1-14(22)16-8-5-10-20(12-16)13-18(23)21-11-9-17(19-21)15-6-3-2-4-7-15/h2-4,6-7,14,16,22H,5,8-13H2,1H3. The molecule has 2 aliphatic heterocycles. The van der Waals surface area contributed by atoms with Gasteiger partial charge in [0.15, 0.2) is 0 Å². The van der Waals surface area contributed by atoms with Crippen LogP contribution in [0, 0.1) is 5.92 Å². The second-order valence-electron chi connectivity index (χ2n) is 6.56. The summed E-state index contributed by atoms with van der Waals surface area (Å²) in [5, 5.41) is 15.9. The van der Waals surface area contributed by atoms with Crippen LogP contribution in [0.2, 0.25) is 0 Å². The summed E-state index contributed by atoms with van der Waals surface area (Å²) < 4.78 is 0. The second-order valence-corrected chi connectivity index (χ2v) is 6.56. The Bertz CT molecular complexity index is 571. The molecule has 1 fully saturated rings. The van der Waals surface area contributed by atoms with E-state index in [-0.39, 0.29) is 17.9 Å². The van der Waals surface area contributed by atoms with Gasteiger partial charge in [-0.2, -0.15) is 5.10 Å². The number of aliphatic hydroxyl groups excluding tert-OH is 1. The molecule has 2 heterocycles. The van der Waals surface area contributed by atoms with Gasteiger partial charge in [0.05, 0.1) is 24.9 Å². The van der Waals surface area contributed by atoms with Gasteiger partial charge in [-0.25, -0.2) is 5.01 Å². The van der Waals surface area contributed by atoms with Crippen molar-refractivity contribution in [2.75, 3.05) is 26.2 Å². The van der Waals surface area contributed by atoms with Gasteiger partial charge in [-0.3, -0.25) is 9.69 Å². The lowest BCUT2D eigenvalue weighted by Crippen LogP contribution is -2.44. The average Bonchev–Trinajstić information content (AvgIpc) is 3.06. The van der Waals surface area contributed by atoms with E-state index in [9.17, 15) is 9.90 Å². The molecule has 1 aromatic carbocycles. The summed E-state index contributed by atoms with van der Waals surface area (Å²) in [7, 11) is 0. The SMILES string of the molecule is CC(O)C1CCCN(CC(=O)N2CCC(c3ccccc3)=N2)C1. The summed E-state index contributed by atoms with van der Waals surface area (Å²) in [6.07, 6.45) is 2.60. The van der Waals surface area contributed by atoms with Crippen LogP contribution in [0.5, 0.6) is 0 Å². The van der Waals surface area contributed by atoms with Gasteiger partial charge in [-0.1, -0.05) is 30.3 Å². The van der Waals surface area contributed by atoms with Crippen molar-refractivity contribution in [2.24, 2.45) is 11.0 Å². The first-order chi connectivity index (χ1) is 11.1. The monoisotopic (exact) mass is 315 g/mol. The lowest BCUT2D eigenvalue weighted by Gasteiger charge is -2.34. The van der Waals surface area contributed by atoms with Crippen LogP contribution in [-0.2, 0) is 4.79 Å². The molecule has 2 unspecified atom stereocenters. The topological polar surface area (TPSA) is 56.1 Å². The molecular weight excluding hydrogens is 290 g/mol. The van der Waals surface area contributed by atoms with Gasteiger partial charge in [0, 0.05) is 13.0 Å². The van der Waals surface area contributed by atoms with E-state index in [1.165, 1.54) is 0 Å². The van der Waals surface area contributed by atoms with Crippen molar-refractivity contribution in [3.05, 3.63) is 35.9 Å². The van der Waals surface area contributed by atoms with Crippen LogP contribution in [0.15, 0.2) is 35.4 Å². The van der Waals surface area contributed by atoms with Gasteiger partial charge in [0.25, 0.3) is 5.91 Å². The van der Waals surface area contributed by atoms with E-state index in [1.54, 1.807) is 5.01 Å². The first-order valence-electron chi connectivity index (χ1n) is 8.47. The zero-order valence-corrected chi connectivity index (χ0v) is 13.7. The third-order valence-corrected chi connectivity index (χ3v) is 4.78. The Balaban J connectivity index is 1.58. The predicted octanol–water partition coefficient (Wildman–Crippen LogP) is 1.72. The fourth-order valence-electron chi connectivity index (χ4n) is 3.37. The van der Waals surface area contributed by atoms with Crippen LogP contribution in [0.25, 0.3) is 0 Å². The second kappa shape index (κ2) is 7.23. The molecule has 0 bridgehead atoms. The number of aliphatic hydroxyl groups is 1. The molecule has 0 spiro atoms. The highest BCUT2D eigenvalue weighted by Crippen LogP contribution is 2.20. The summed E-state index contributed by atoms with van der Waals surface area (Å²) in [5.74, 6) is 0.334. The van der Waals surface area contributed by atoms with Crippen molar-refractivity contribution in [3.63, 3.8) is 0 Å². The largest absolute Gasteiger partial charge is 0.393 e. The fourth-order valence-corrected chi connectivity index (χ4v) is 3.37. The molecule has 1 amide bonds. The van der Waals surface area contributed by atoms with Crippen molar-refractivity contribution < 1.29 is 9.90 Å². The number of amides is 1. The number of hydrazone groups is 1. The first-order valence-corrected chi connectivity index (χ1v) is 8.47. The van der Waals surface area contributed by atoms with E-state index in [1.807, 2.05) is 37.3 Å². The van der Waals surface area contributed by atoms with E-state index in [2.05, 4.69) is 10.0 Å². The molecule has 2 atom stereocenters. The molecule has 0 saturated carbocycles. The molecule has 124 valence electrons. The first kappa shape index (κ1) is 16.1. The number of piperidine rings is 1. The minimum atomic E-state index is -0.303. The highest BCUT2D eigenvalue weighted by molar-refractivity contribution is 6.02. The molecule has 0 aromatic heterocycles. The maximum atomic E-state index is 12.5. The van der Waals surface area contributed by atoms with E-state index in [4.69, 9.17) is 0 Å². The normalized spacial score (nSPS) is 23.7. The van der Waals surface area contributed by atoms with Crippen LogP contribution in [-0.4, -0.2) is 58.9 Å². The Morgan fingerprint density at radius 1 is 1.35 bits per heavy atom. The molecule has 0 aliphatic carbocycles. The molecule has 2 aliphatic rings. The Hall–Kier alpha value is -1.72. The predicted molar refractivity (Wildman–Crippen MR) is 90.2 cm³/mol. The smallest absolute Gasteiger partial charge is 0.256 e. The van der Waals surface area contributed by atoms with Crippen molar-refractivity contribution in [2.45, 2.75) is 32.3 Å². The van der Waals surface area contributed by atoms with E-state index >= 15 is 0 Å². The molecule has 1 N–H and O–H groups in total. The molecule has 23 heavy (non-hydrogen) atoms. The fraction of sp³-hybridized carbons (Fsp3) is 0.556. The Kier molecular flexibility index (Phi) is 5.08. The minimum absolute atomic E-state index is 0.0576. The number of likely N-dealkylation sites (tertiary alicyclic amines) is 1. The van der Waals surface area contributed by atoms with Gasteiger partial charge in [0.1, 0.15) is 0 Å². The molecule has 1 aromatic rings. The van der Waals surface area contributed by atoms with E-state index in [0.29, 0.717) is 13.1 Å². The maximum Gasteiger partial charge on any atom is 0.256 e. The summed E-state index contributed by atoms with van der Waals surface area (Å²) in [4.78, 5) is 14.6. The Morgan fingerprint density at radius 2 is 2.13 bits per heavy atom. The number of carbonyl (C=O) groups excluding carboxylic acids is 1. The van der Waals surface area contributed by atoms with Crippen molar-refractivity contribution in [1.29, 1.82) is 0 Å². The number of hydrogen-bond donors (Lipinski definition) is 1. The summed E-state index contributed by atoms with van der Waals surface area (Å²) in [6, 6.07) is 10.0. The van der Waals surface area contributed by atoms with Crippen LogP contribution in [0.4, 0.5) is 0 Å². The van der Waals surface area contributed by atoms with Gasteiger partial charge in [0.2, 0.25) is 0 Å². The Morgan fingerprint density at radius 3 is 2.87 bits per heavy atom. The molecule has 3 rings (SSSR count). The lowest BCUT2D eigenvalue weighted by atomic mass is 9.93. The van der Waals surface area contributed by atoms with Crippen LogP contribution >= 0.6 is 0 Å². The molecule has 0 radical (unpaired) electrons. The van der Waals surface area contributed by atoms with E-state index in [0.717, 1.165) is 43.6 Å². The van der Waals surface area contributed by atoms with Crippen LogP contribution in [0.1, 0.15) is 31.7 Å². The molecule has 5 heteroatoms. The van der Waals surface area contributed by atoms with Crippen molar-refractivity contribution >= 4 is 11.6 Å². The van der Waals surface area contributed by atoms with Gasteiger partial charge < -0.3 is 5.11 Å². The van der Waals surface area contributed by atoms with Gasteiger partial charge >= 0.3 is 0 Å². The van der Waals surface area contributed by atoms with Crippen LogP contribution in [0.3, 0.4) is 0 Å². The Labute approximate surface area is 137 Å². The zero-order valence-electron chi connectivity index (χ0n) is 13.7. The third kappa shape index (κ3) is 3.98. The lowest BCUT2D eigenvalue weighted by molar-refractivity contribution is -0.132. The zero-order chi connectivity index (χ0) is 16.2. The molecule has 1 saturated heterocycles. The summed E-state index contributed by atoms with van der Waals surface area (Å²) >= 11 is 0. The summed E-state index contributed by atoms with van der Waals surface area (Å²) in [6.45, 7) is 4.63. The quantitative estimate of drug-likeness (QED) is 0.920. The number of benzene rings is 1. The average molecular weight is 315 g/mol. The number of nitrogens with zero attached hydrogens (tertiary/aromatic N) is 3. The highest BCUT2D eigenvalue weighted by atomic mass is 16.3. The highest BCUT2D eigenvalue weighted by Gasteiger charge is 2.27. The minimum Gasteiger partial charge on any atom is -0.393 e. The molecular formula is C18H25N3O2. The number of hydrogen-bond acceptors (Lipinski definition) is 4.